The van der Waals surface area contributed by atoms with Crippen LogP contribution in [0.4, 0.5) is 5.69 Å². The Morgan fingerprint density at radius 1 is 1.00 bits per heavy atom. The van der Waals surface area contributed by atoms with Crippen LogP contribution in [0.3, 0.4) is 0 Å². The van der Waals surface area contributed by atoms with Gasteiger partial charge < -0.3 is 21.1 Å². The zero-order valence-corrected chi connectivity index (χ0v) is 23.4. The van der Waals surface area contributed by atoms with E-state index in [0.29, 0.717) is 18.2 Å². The van der Waals surface area contributed by atoms with Crippen LogP contribution in [0.5, 0.6) is 5.75 Å². The summed E-state index contributed by atoms with van der Waals surface area (Å²) >= 11 is 0. The molecule has 1 heterocycles. The van der Waals surface area contributed by atoms with Crippen LogP contribution < -0.4 is 21.1 Å². The number of ether oxygens (including phenoxy) is 1. The number of fused-ring (bicyclic) bond motifs is 1. The van der Waals surface area contributed by atoms with Crippen LogP contribution >= 0.6 is 0 Å². The summed E-state index contributed by atoms with van der Waals surface area (Å²) in [6.07, 6.45) is 2.53. The Bertz CT molecular complexity index is 1710. The molecule has 7 heteroatoms. The third-order valence-electron chi connectivity index (χ3n) is 7.69. The number of nitrogens with zero attached hydrogens (tertiary/aromatic N) is 2. The standard InChI is InChI=1S/C34H35N5O2/c1-22-17-31(39(38-22)27-10-5-7-24(18-27)20-35)34(40)37-26-9-6-8-25(19-26)33(36-21-23-13-14-23)30-15-16-32(41-2)29-12-4-3-11-28(29)30/h3-12,15-19,23,33,36H,13-14,20-21,35H2,1-2H3,(H,37,40). The van der Waals surface area contributed by atoms with Crippen molar-refractivity contribution in [3.05, 3.63) is 119 Å². The van der Waals surface area contributed by atoms with Crippen LogP contribution in [0.2, 0.25) is 0 Å². The average molecular weight is 546 g/mol. The summed E-state index contributed by atoms with van der Waals surface area (Å²) < 4.78 is 7.33. The van der Waals surface area contributed by atoms with E-state index in [1.807, 2.05) is 55.5 Å². The summed E-state index contributed by atoms with van der Waals surface area (Å²) in [7, 11) is 1.71. The van der Waals surface area contributed by atoms with E-state index in [1.54, 1.807) is 17.9 Å². The second-order valence-electron chi connectivity index (χ2n) is 10.7. The summed E-state index contributed by atoms with van der Waals surface area (Å²) in [6.45, 7) is 3.25. The number of carbonyl (C=O) groups excluding carboxylic acids is 1. The molecular formula is C34H35N5O2. The van der Waals surface area contributed by atoms with Crippen LogP contribution in [0.1, 0.15) is 51.8 Å². The zero-order valence-electron chi connectivity index (χ0n) is 23.4. The molecule has 1 aromatic heterocycles. The highest BCUT2D eigenvalue weighted by molar-refractivity contribution is 6.03. The molecule has 5 aromatic rings. The first-order chi connectivity index (χ1) is 20.0. The number of amides is 1. The van der Waals surface area contributed by atoms with Crippen LogP contribution in [0.15, 0.2) is 91.0 Å². The first-order valence-electron chi connectivity index (χ1n) is 14.1. The van der Waals surface area contributed by atoms with Gasteiger partial charge in [0, 0.05) is 17.6 Å². The van der Waals surface area contributed by atoms with Gasteiger partial charge in [0.25, 0.3) is 5.91 Å². The normalized spacial score (nSPS) is 13.7. The van der Waals surface area contributed by atoms with Crippen molar-refractivity contribution in [2.24, 2.45) is 11.7 Å². The van der Waals surface area contributed by atoms with Gasteiger partial charge in [0.2, 0.25) is 0 Å². The fourth-order valence-electron chi connectivity index (χ4n) is 5.40. The predicted molar refractivity (Wildman–Crippen MR) is 164 cm³/mol. The number of hydrogen-bond donors (Lipinski definition) is 3. The van der Waals surface area contributed by atoms with E-state index in [-0.39, 0.29) is 11.9 Å². The van der Waals surface area contributed by atoms with Gasteiger partial charge in [0.1, 0.15) is 11.4 Å². The third-order valence-corrected chi connectivity index (χ3v) is 7.69. The van der Waals surface area contributed by atoms with Crippen molar-refractivity contribution in [2.45, 2.75) is 32.4 Å². The quantitative estimate of drug-likeness (QED) is 0.196. The van der Waals surface area contributed by atoms with Crippen molar-refractivity contribution in [3.63, 3.8) is 0 Å². The Morgan fingerprint density at radius 2 is 1.80 bits per heavy atom. The third kappa shape index (κ3) is 5.73. The SMILES string of the molecule is COc1ccc(C(NCC2CC2)c2cccc(NC(=O)c3cc(C)nn3-c3cccc(CN)c3)c2)c2ccccc12. The molecule has 1 unspecified atom stereocenters. The predicted octanol–water partition coefficient (Wildman–Crippen LogP) is 6.14. The Balaban J connectivity index is 1.33. The van der Waals surface area contributed by atoms with E-state index in [2.05, 4.69) is 52.1 Å². The van der Waals surface area contributed by atoms with Gasteiger partial charge in [0.05, 0.1) is 24.5 Å². The van der Waals surface area contributed by atoms with E-state index < -0.39 is 0 Å². The molecule has 6 rings (SSSR count). The van der Waals surface area contributed by atoms with E-state index in [4.69, 9.17) is 10.5 Å². The Kier molecular flexibility index (Phi) is 7.55. The lowest BCUT2D eigenvalue weighted by Crippen LogP contribution is -2.25. The molecule has 0 aliphatic heterocycles. The number of methoxy groups -OCH3 is 1. The fraction of sp³-hybridized carbons (Fsp3) is 0.235. The highest BCUT2D eigenvalue weighted by atomic mass is 16.5. The van der Waals surface area contributed by atoms with Crippen molar-refractivity contribution < 1.29 is 9.53 Å². The molecule has 0 bridgehead atoms. The second-order valence-corrected chi connectivity index (χ2v) is 10.7. The molecule has 208 valence electrons. The molecule has 1 fully saturated rings. The monoisotopic (exact) mass is 545 g/mol. The highest BCUT2D eigenvalue weighted by Gasteiger charge is 2.25. The van der Waals surface area contributed by atoms with E-state index in [9.17, 15) is 4.79 Å². The minimum atomic E-state index is -0.224. The summed E-state index contributed by atoms with van der Waals surface area (Å²) in [6, 6.07) is 30.2. The molecule has 1 aliphatic rings. The lowest BCUT2D eigenvalue weighted by Gasteiger charge is -2.23. The molecule has 4 N–H and O–H groups in total. The molecule has 7 nitrogen and oxygen atoms in total. The molecule has 1 aliphatic carbocycles. The van der Waals surface area contributed by atoms with Crippen molar-refractivity contribution in [2.75, 3.05) is 19.0 Å². The maximum atomic E-state index is 13.6. The topological polar surface area (TPSA) is 94.2 Å². The number of aromatic nitrogens is 2. The van der Waals surface area contributed by atoms with Crippen molar-refractivity contribution in [1.82, 2.24) is 15.1 Å². The maximum absolute atomic E-state index is 13.6. The lowest BCUT2D eigenvalue weighted by atomic mass is 9.92. The minimum Gasteiger partial charge on any atom is -0.496 e. The number of benzene rings is 4. The number of carbonyl (C=O) groups is 1. The number of rotatable bonds is 10. The van der Waals surface area contributed by atoms with Crippen molar-refractivity contribution in [1.29, 1.82) is 0 Å². The highest BCUT2D eigenvalue weighted by Crippen LogP contribution is 2.36. The first kappa shape index (κ1) is 26.7. The molecule has 0 spiro atoms. The summed E-state index contributed by atoms with van der Waals surface area (Å²) in [5.41, 5.74) is 11.8. The lowest BCUT2D eigenvalue weighted by molar-refractivity contribution is 0.101. The summed E-state index contributed by atoms with van der Waals surface area (Å²) in [4.78, 5) is 13.6. The fourth-order valence-corrected chi connectivity index (χ4v) is 5.40. The number of anilines is 1. The molecule has 0 radical (unpaired) electrons. The van der Waals surface area contributed by atoms with Gasteiger partial charge in [-0.05, 0) is 90.7 Å². The van der Waals surface area contributed by atoms with Crippen LogP contribution in [-0.2, 0) is 6.54 Å². The van der Waals surface area contributed by atoms with Gasteiger partial charge in [-0.25, -0.2) is 4.68 Å². The minimum absolute atomic E-state index is 0.0463. The zero-order chi connectivity index (χ0) is 28.3. The molecular weight excluding hydrogens is 510 g/mol. The van der Waals surface area contributed by atoms with Gasteiger partial charge in [-0.15, -0.1) is 0 Å². The van der Waals surface area contributed by atoms with Gasteiger partial charge in [-0.3, -0.25) is 4.79 Å². The van der Waals surface area contributed by atoms with Crippen LogP contribution in [0, 0.1) is 12.8 Å². The second kappa shape index (κ2) is 11.6. The van der Waals surface area contributed by atoms with Gasteiger partial charge in [-0.1, -0.05) is 54.6 Å². The average Bonchev–Trinajstić information content (AvgIpc) is 3.75. The number of nitrogens with one attached hydrogen (secondary N) is 2. The summed E-state index contributed by atoms with van der Waals surface area (Å²) in [5.74, 6) is 1.35. The number of hydrogen-bond acceptors (Lipinski definition) is 5. The Morgan fingerprint density at radius 3 is 2.59 bits per heavy atom. The largest absolute Gasteiger partial charge is 0.496 e. The molecule has 1 atom stereocenters. The van der Waals surface area contributed by atoms with Crippen LogP contribution in [-0.4, -0.2) is 29.3 Å². The van der Waals surface area contributed by atoms with Crippen LogP contribution in [0.25, 0.3) is 16.5 Å². The van der Waals surface area contributed by atoms with E-state index >= 15 is 0 Å². The molecule has 0 saturated heterocycles. The number of nitrogens with two attached hydrogens (primary N) is 1. The van der Waals surface area contributed by atoms with E-state index in [0.717, 1.165) is 51.3 Å². The molecule has 1 amide bonds. The van der Waals surface area contributed by atoms with Gasteiger partial charge in [0.15, 0.2) is 0 Å². The first-order valence-corrected chi connectivity index (χ1v) is 14.1. The van der Waals surface area contributed by atoms with Gasteiger partial charge >= 0.3 is 0 Å². The van der Waals surface area contributed by atoms with Crippen molar-refractivity contribution >= 4 is 22.4 Å². The maximum Gasteiger partial charge on any atom is 0.274 e. The van der Waals surface area contributed by atoms with E-state index in [1.165, 1.54) is 18.4 Å². The van der Waals surface area contributed by atoms with Crippen molar-refractivity contribution in [3.8, 4) is 11.4 Å². The van der Waals surface area contributed by atoms with Gasteiger partial charge in [-0.2, -0.15) is 5.10 Å². The molecule has 41 heavy (non-hydrogen) atoms. The smallest absolute Gasteiger partial charge is 0.274 e. The number of aryl methyl sites for hydroxylation is 1. The molecule has 1 saturated carbocycles. The summed E-state index contributed by atoms with van der Waals surface area (Å²) in [5, 5.41) is 13.8. The Hall–Kier alpha value is -4.46. The Labute approximate surface area is 240 Å². The molecule has 4 aromatic carbocycles.